The van der Waals surface area contributed by atoms with Crippen LogP contribution in [0.25, 0.3) is 0 Å². The van der Waals surface area contributed by atoms with Gasteiger partial charge in [-0.05, 0) is 18.4 Å². The molecule has 3 amide bonds. The van der Waals surface area contributed by atoms with Crippen molar-refractivity contribution in [1.82, 2.24) is 20.6 Å². The highest BCUT2D eigenvalue weighted by Gasteiger charge is 2.29. The van der Waals surface area contributed by atoms with E-state index in [1.807, 2.05) is 6.26 Å². The Morgan fingerprint density at radius 2 is 1.93 bits per heavy atom. The van der Waals surface area contributed by atoms with E-state index in [1.54, 1.807) is 0 Å². The third-order valence-corrected chi connectivity index (χ3v) is 4.25. The van der Waals surface area contributed by atoms with Crippen LogP contribution < -0.4 is 22.1 Å². The molecule has 11 nitrogen and oxygen atoms in total. The van der Waals surface area contributed by atoms with Gasteiger partial charge >= 0.3 is 5.97 Å². The minimum atomic E-state index is -1.32. The smallest absolute Gasteiger partial charge is 0.326 e. The first-order valence-corrected chi connectivity index (χ1v) is 9.47. The average Bonchev–Trinajstić information content (AvgIpc) is 3.10. The molecule has 0 saturated carbocycles. The number of hydrogen-bond donors (Lipinski definition) is 6. The molecule has 0 fully saturated rings. The second-order valence-corrected chi connectivity index (χ2v) is 6.79. The van der Waals surface area contributed by atoms with E-state index < -0.39 is 48.2 Å². The molecule has 3 unspecified atom stereocenters. The average molecular weight is 400 g/mol. The van der Waals surface area contributed by atoms with Crippen LogP contribution in [0.2, 0.25) is 0 Å². The minimum absolute atomic E-state index is 0.0501. The standard InChI is InChI=1S/C15H24N6O5S/c1-27-3-2-9(16)13(23)20-10(5-12(17)22)14(24)21-11(15(25)26)4-8-6-18-7-19-8/h6-7,9-11H,2-5,16H2,1H3,(H2,17,22)(H,18,19)(H,20,23)(H,21,24)(H,25,26). The van der Waals surface area contributed by atoms with Crippen LogP contribution in [0.1, 0.15) is 18.5 Å². The number of aromatic nitrogens is 2. The molecule has 27 heavy (non-hydrogen) atoms. The predicted molar refractivity (Wildman–Crippen MR) is 98.6 cm³/mol. The quantitative estimate of drug-likeness (QED) is 0.231. The Labute approximate surface area is 160 Å². The maximum Gasteiger partial charge on any atom is 0.326 e. The summed E-state index contributed by atoms with van der Waals surface area (Å²) >= 11 is 1.51. The number of amides is 3. The third-order valence-electron chi connectivity index (χ3n) is 3.60. The lowest BCUT2D eigenvalue weighted by Gasteiger charge is -2.22. The van der Waals surface area contributed by atoms with Crippen LogP contribution in [-0.2, 0) is 25.6 Å². The third kappa shape index (κ3) is 8.09. The molecule has 1 heterocycles. The van der Waals surface area contributed by atoms with Gasteiger partial charge in [-0.25, -0.2) is 9.78 Å². The van der Waals surface area contributed by atoms with Crippen molar-refractivity contribution in [3.05, 3.63) is 18.2 Å². The number of aromatic amines is 1. The normalized spacial score (nSPS) is 14.0. The molecular formula is C15H24N6O5S. The van der Waals surface area contributed by atoms with Crippen molar-refractivity contribution in [3.8, 4) is 0 Å². The number of carbonyl (C=O) groups is 4. The molecule has 12 heteroatoms. The second kappa shape index (κ2) is 11.2. The van der Waals surface area contributed by atoms with E-state index in [4.69, 9.17) is 11.5 Å². The van der Waals surface area contributed by atoms with Gasteiger partial charge in [-0.2, -0.15) is 11.8 Å². The number of primary amides is 1. The summed E-state index contributed by atoms with van der Waals surface area (Å²) in [4.78, 5) is 53.7. The van der Waals surface area contributed by atoms with Crippen LogP contribution in [0.3, 0.4) is 0 Å². The lowest BCUT2D eigenvalue weighted by molar-refractivity contribution is -0.142. The number of carbonyl (C=O) groups excluding carboxylic acids is 3. The SMILES string of the molecule is CSCCC(N)C(=O)NC(CC(N)=O)C(=O)NC(Cc1cnc[nH]1)C(=O)O. The molecule has 1 rings (SSSR count). The van der Waals surface area contributed by atoms with E-state index in [0.717, 1.165) is 0 Å². The number of carboxylic acid groups (broad SMARTS) is 1. The van der Waals surface area contributed by atoms with Gasteiger partial charge in [-0.3, -0.25) is 14.4 Å². The number of nitrogens with two attached hydrogens (primary N) is 2. The summed E-state index contributed by atoms with van der Waals surface area (Å²) in [6, 6.07) is -3.46. The maximum absolute atomic E-state index is 12.4. The lowest BCUT2D eigenvalue weighted by Crippen LogP contribution is -2.55. The summed E-state index contributed by atoms with van der Waals surface area (Å²) in [7, 11) is 0. The van der Waals surface area contributed by atoms with Gasteiger partial charge in [0, 0.05) is 18.3 Å². The van der Waals surface area contributed by atoms with Crippen LogP contribution in [0.5, 0.6) is 0 Å². The number of nitrogens with one attached hydrogen (secondary N) is 3. The molecule has 0 bridgehead atoms. The molecule has 8 N–H and O–H groups in total. The molecule has 1 aromatic rings. The summed E-state index contributed by atoms with van der Waals surface area (Å²) in [5, 5.41) is 14.0. The molecule has 0 aliphatic rings. The Morgan fingerprint density at radius 1 is 1.26 bits per heavy atom. The number of nitrogens with zero attached hydrogens (tertiary/aromatic N) is 1. The zero-order valence-corrected chi connectivity index (χ0v) is 15.6. The Hall–Kier alpha value is -2.60. The zero-order chi connectivity index (χ0) is 20.4. The van der Waals surface area contributed by atoms with E-state index in [9.17, 15) is 24.3 Å². The number of thioether (sulfide) groups is 1. The molecule has 3 atom stereocenters. The molecule has 0 saturated heterocycles. The highest BCUT2D eigenvalue weighted by atomic mass is 32.2. The predicted octanol–water partition coefficient (Wildman–Crippen LogP) is -2.04. The number of hydrogen-bond acceptors (Lipinski definition) is 7. The summed E-state index contributed by atoms with van der Waals surface area (Å²) in [6.45, 7) is 0. The molecule has 0 aromatic carbocycles. The van der Waals surface area contributed by atoms with Crippen molar-refractivity contribution in [2.24, 2.45) is 11.5 Å². The van der Waals surface area contributed by atoms with Crippen molar-refractivity contribution >= 4 is 35.5 Å². The first-order chi connectivity index (χ1) is 12.7. The molecule has 0 spiro atoms. The summed E-state index contributed by atoms with van der Waals surface area (Å²) in [6.07, 6.45) is 4.52. The zero-order valence-electron chi connectivity index (χ0n) is 14.8. The highest BCUT2D eigenvalue weighted by molar-refractivity contribution is 7.98. The van der Waals surface area contributed by atoms with Gasteiger partial charge < -0.3 is 32.2 Å². The van der Waals surface area contributed by atoms with E-state index in [-0.39, 0.29) is 6.42 Å². The van der Waals surface area contributed by atoms with Crippen molar-refractivity contribution in [2.75, 3.05) is 12.0 Å². The first-order valence-electron chi connectivity index (χ1n) is 8.08. The molecule has 0 radical (unpaired) electrons. The van der Waals surface area contributed by atoms with Crippen molar-refractivity contribution in [1.29, 1.82) is 0 Å². The van der Waals surface area contributed by atoms with E-state index in [2.05, 4.69) is 20.6 Å². The molecule has 0 aliphatic carbocycles. The molecule has 1 aromatic heterocycles. The minimum Gasteiger partial charge on any atom is -0.480 e. The number of imidazole rings is 1. The fourth-order valence-electron chi connectivity index (χ4n) is 2.15. The van der Waals surface area contributed by atoms with Crippen LogP contribution >= 0.6 is 11.8 Å². The number of aliphatic carboxylic acids is 1. The van der Waals surface area contributed by atoms with Gasteiger partial charge in [0.15, 0.2) is 0 Å². The largest absolute Gasteiger partial charge is 0.480 e. The maximum atomic E-state index is 12.4. The summed E-state index contributed by atoms with van der Waals surface area (Å²) < 4.78 is 0. The van der Waals surface area contributed by atoms with Gasteiger partial charge in [0.25, 0.3) is 0 Å². The van der Waals surface area contributed by atoms with Crippen LogP contribution in [-0.4, -0.2) is 68.9 Å². The van der Waals surface area contributed by atoms with Gasteiger partial charge in [0.1, 0.15) is 12.1 Å². The van der Waals surface area contributed by atoms with Crippen LogP contribution in [0, 0.1) is 0 Å². The number of rotatable bonds is 12. The fourth-order valence-corrected chi connectivity index (χ4v) is 2.64. The topological polar surface area (TPSA) is 193 Å². The Balaban J connectivity index is 2.78. The van der Waals surface area contributed by atoms with Gasteiger partial charge in [0.05, 0.1) is 18.8 Å². The molecule has 0 aliphatic heterocycles. The summed E-state index contributed by atoms with van der Waals surface area (Å²) in [5.74, 6) is -2.92. The number of carboxylic acids is 1. The van der Waals surface area contributed by atoms with Crippen molar-refractivity contribution in [2.45, 2.75) is 37.4 Å². The van der Waals surface area contributed by atoms with E-state index in [1.165, 1.54) is 24.3 Å². The Kier molecular flexibility index (Phi) is 9.30. The first kappa shape index (κ1) is 22.4. The monoisotopic (exact) mass is 400 g/mol. The van der Waals surface area contributed by atoms with Crippen molar-refractivity contribution in [3.63, 3.8) is 0 Å². The summed E-state index contributed by atoms with van der Waals surface area (Å²) in [5.41, 5.74) is 11.4. The van der Waals surface area contributed by atoms with Crippen LogP contribution in [0.4, 0.5) is 0 Å². The Bertz CT molecular complexity index is 653. The van der Waals surface area contributed by atoms with E-state index >= 15 is 0 Å². The highest BCUT2D eigenvalue weighted by Crippen LogP contribution is 2.03. The fraction of sp³-hybridized carbons (Fsp3) is 0.533. The number of H-pyrrole nitrogens is 1. The van der Waals surface area contributed by atoms with Crippen LogP contribution in [0.15, 0.2) is 12.5 Å². The van der Waals surface area contributed by atoms with Gasteiger partial charge in [-0.1, -0.05) is 0 Å². The van der Waals surface area contributed by atoms with Crippen molar-refractivity contribution < 1.29 is 24.3 Å². The Morgan fingerprint density at radius 3 is 2.44 bits per heavy atom. The molecular weight excluding hydrogens is 376 g/mol. The van der Waals surface area contributed by atoms with Gasteiger partial charge in [-0.15, -0.1) is 0 Å². The molecule has 150 valence electrons. The van der Waals surface area contributed by atoms with E-state index in [0.29, 0.717) is 17.9 Å². The van der Waals surface area contributed by atoms with Gasteiger partial charge in [0.2, 0.25) is 17.7 Å². The lowest BCUT2D eigenvalue weighted by atomic mass is 10.1. The second-order valence-electron chi connectivity index (χ2n) is 5.80.